The van der Waals surface area contributed by atoms with Crippen LogP contribution in [0.1, 0.15) is 17.2 Å². The summed E-state index contributed by atoms with van der Waals surface area (Å²) in [6.07, 6.45) is 2.23. The van der Waals surface area contributed by atoms with Gasteiger partial charge in [-0.1, -0.05) is 54.1 Å². The molecule has 0 aliphatic carbocycles. The van der Waals surface area contributed by atoms with E-state index in [4.69, 9.17) is 46.6 Å². The quantitative estimate of drug-likeness (QED) is 0.139. The highest BCUT2D eigenvalue weighted by atomic mass is 35.5. The van der Waals surface area contributed by atoms with E-state index < -0.39 is 23.9 Å². The van der Waals surface area contributed by atoms with Crippen LogP contribution in [-0.2, 0) is 28.7 Å². The lowest BCUT2D eigenvalue weighted by Gasteiger charge is -2.39. The predicted octanol–water partition coefficient (Wildman–Crippen LogP) is 2.50. The third-order valence-corrected chi connectivity index (χ3v) is 6.22. The summed E-state index contributed by atoms with van der Waals surface area (Å²) in [5.41, 5.74) is 2.59. The molecule has 14 heteroatoms. The van der Waals surface area contributed by atoms with Crippen molar-refractivity contribution < 1.29 is 54.2 Å². The van der Waals surface area contributed by atoms with E-state index >= 15 is 0 Å². The second-order valence-corrected chi connectivity index (χ2v) is 9.65. The summed E-state index contributed by atoms with van der Waals surface area (Å²) in [4.78, 5) is 43.2. The zero-order chi connectivity index (χ0) is 33.5. The van der Waals surface area contributed by atoms with Crippen molar-refractivity contribution >= 4 is 35.5 Å². The van der Waals surface area contributed by atoms with Gasteiger partial charge in [-0.3, -0.25) is 9.80 Å². The summed E-state index contributed by atoms with van der Waals surface area (Å²) < 4.78 is 10.8. The summed E-state index contributed by atoms with van der Waals surface area (Å²) in [5, 5.41) is 40.7. The van der Waals surface area contributed by atoms with Crippen molar-refractivity contribution in [2.75, 3.05) is 65.8 Å². The Bertz CT molecular complexity index is 1150. The van der Waals surface area contributed by atoms with Crippen molar-refractivity contribution in [3.05, 3.63) is 95.1 Å². The van der Waals surface area contributed by atoms with Gasteiger partial charge in [0.1, 0.15) is 0 Å². The van der Waals surface area contributed by atoms with Crippen molar-refractivity contribution in [3.8, 4) is 0 Å². The van der Waals surface area contributed by atoms with Crippen molar-refractivity contribution in [1.29, 1.82) is 0 Å². The molecule has 0 aromatic heterocycles. The molecule has 1 atom stereocenters. The average Bonchev–Trinajstić information content (AvgIpc) is 3.01. The van der Waals surface area contributed by atoms with E-state index in [1.165, 1.54) is 11.1 Å². The van der Waals surface area contributed by atoms with Crippen LogP contribution in [0.4, 0.5) is 0 Å². The first-order chi connectivity index (χ1) is 21.5. The number of carboxylic acids is 4. The molecule has 0 saturated carbocycles. The van der Waals surface area contributed by atoms with Gasteiger partial charge >= 0.3 is 23.9 Å². The van der Waals surface area contributed by atoms with Crippen LogP contribution in [-0.4, -0.2) is 125 Å². The second kappa shape index (κ2) is 23.3. The van der Waals surface area contributed by atoms with Crippen molar-refractivity contribution in [2.45, 2.75) is 6.04 Å². The van der Waals surface area contributed by atoms with Gasteiger partial charge in [-0.2, -0.15) is 0 Å². The Kier molecular flexibility index (Phi) is 20.1. The zero-order valence-corrected chi connectivity index (χ0v) is 25.4. The van der Waals surface area contributed by atoms with Gasteiger partial charge in [0.25, 0.3) is 0 Å². The van der Waals surface area contributed by atoms with E-state index in [1.807, 2.05) is 12.1 Å². The summed E-state index contributed by atoms with van der Waals surface area (Å²) in [7, 11) is 0. The minimum Gasteiger partial charge on any atom is -0.478 e. The van der Waals surface area contributed by atoms with Crippen LogP contribution in [0.5, 0.6) is 0 Å². The maximum absolute atomic E-state index is 9.55. The van der Waals surface area contributed by atoms with E-state index in [9.17, 15) is 19.2 Å². The molecule has 2 aromatic carbocycles. The Balaban J connectivity index is 0.000000521. The molecule has 1 saturated heterocycles. The van der Waals surface area contributed by atoms with E-state index in [0.717, 1.165) is 37.7 Å². The van der Waals surface area contributed by atoms with Gasteiger partial charge in [-0.15, -0.1) is 0 Å². The number of carboxylic acid groups (broad SMARTS) is 4. The van der Waals surface area contributed by atoms with Gasteiger partial charge < -0.3 is 35.0 Å². The maximum Gasteiger partial charge on any atom is 0.328 e. The van der Waals surface area contributed by atoms with Crippen molar-refractivity contribution in [1.82, 2.24) is 9.80 Å². The molecule has 45 heavy (non-hydrogen) atoms. The number of carbonyl (C=O) groups is 4. The van der Waals surface area contributed by atoms with Crippen molar-refractivity contribution in [2.24, 2.45) is 0 Å². The molecule has 0 amide bonds. The largest absolute Gasteiger partial charge is 0.478 e. The molecule has 1 fully saturated rings. The lowest BCUT2D eigenvalue weighted by molar-refractivity contribution is -0.134. The smallest absolute Gasteiger partial charge is 0.328 e. The fraction of sp³-hybridized carbons (Fsp3) is 0.355. The molecule has 246 valence electrons. The molecular formula is C31H39ClN2O11. The monoisotopic (exact) mass is 650 g/mol. The van der Waals surface area contributed by atoms with Crippen LogP contribution in [0.25, 0.3) is 0 Å². The number of halogens is 1. The summed E-state index contributed by atoms with van der Waals surface area (Å²) in [6.45, 7) is 7.28. The van der Waals surface area contributed by atoms with Gasteiger partial charge in [0.15, 0.2) is 0 Å². The molecule has 2 aromatic rings. The SMILES string of the molecule is O=C(O)/C=C/C(=O)O.O=C(O)/C=C/C(=O)O.OCCOCCOCCN1CCN(C(c2ccccc2)c2ccc(Cl)cc2)CC1. The molecule has 0 spiro atoms. The van der Waals surface area contributed by atoms with Crippen LogP contribution < -0.4 is 0 Å². The average molecular weight is 651 g/mol. The Hall–Kier alpha value is -4.11. The molecule has 1 aliphatic heterocycles. The van der Waals surface area contributed by atoms with Crippen molar-refractivity contribution in [3.63, 3.8) is 0 Å². The van der Waals surface area contributed by atoms with E-state index in [-0.39, 0.29) is 12.6 Å². The molecule has 5 N–H and O–H groups in total. The highest BCUT2D eigenvalue weighted by Gasteiger charge is 2.26. The lowest BCUT2D eigenvalue weighted by Crippen LogP contribution is -2.48. The molecule has 1 unspecified atom stereocenters. The number of hydrogen-bond acceptors (Lipinski definition) is 9. The normalized spacial score (nSPS) is 14.2. The summed E-state index contributed by atoms with van der Waals surface area (Å²) in [5.74, 6) is -5.03. The maximum atomic E-state index is 9.55. The van der Waals surface area contributed by atoms with E-state index in [1.54, 1.807) is 0 Å². The first kappa shape index (κ1) is 38.9. The minimum atomic E-state index is -1.26. The molecule has 3 rings (SSSR count). The number of nitrogens with zero attached hydrogens (tertiary/aromatic N) is 2. The Morgan fingerprint density at radius 2 is 1.11 bits per heavy atom. The molecule has 0 radical (unpaired) electrons. The fourth-order valence-electron chi connectivity index (χ4n) is 4.00. The fourth-order valence-corrected chi connectivity index (χ4v) is 4.13. The highest BCUT2D eigenvalue weighted by molar-refractivity contribution is 6.30. The van der Waals surface area contributed by atoms with E-state index in [0.29, 0.717) is 50.7 Å². The van der Waals surface area contributed by atoms with Crippen LogP contribution in [0.15, 0.2) is 78.9 Å². The number of benzene rings is 2. The Labute approximate surface area is 266 Å². The molecule has 13 nitrogen and oxygen atoms in total. The summed E-state index contributed by atoms with van der Waals surface area (Å²) >= 11 is 6.11. The molecule has 1 aliphatic rings. The van der Waals surface area contributed by atoms with Crippen LogP contribution >= 0.6 is 11.6 Å². The molecule has 1 heterocycles. The number of aliphatic hydroxyl groups is 1. The summed E-state index contributed by atoms with van der Waals surface area (Å²) in [6, 6.07) is 19.2. The van der Waals surface area contributed by atoms with Crippen LogP contribution in [0.3, 0.4) is 0 Å². The Morgan fingerprint density at radius 3 is 1.56 bits per heavy atom. The highest BCUT2D eigenvalue weighted by Crippen LogP contribution is 2.30. The third kappa shape index (κ3) is 19.0. The van der Waals surface area contributed by atoms with Gasteiger partial charge in [0, 0.05) is 62.1 Å². The minimum absolute atomic E-state index is 0.0598. The topological polar surface area (TPSA) is 194 Å². The number of hydrogen-bond donors (Lipinski definition) is 5. The number of piperazine rings is 1. The lowest BCUT2D eigenvalue weighted by atomic mass is 9.96. The van der Waals surface area contributed by atoms with E-state index in [2.05, 4.69) is 52.3 Å². The second-order valence-electron chi connectivity index (χ2n) is 9.21. The first-order valence-electron chi connectivity index (χ1n) is 13.8. The Morgan fingerprint density at radius 1 is 0.667 bits per heavy atom. The van der Waals surface area contributed by atoms with Crippen LogP contribution in [0, 0.1) is 0 Å². The van der Waals surface area contributed by atoms with Gasteiger partial charge in [0.2, 0.25) is 0 Å². The molecular weight excluding hydrogens is 612 g/mol. The molecule has 0 bridgehead atoms. The number of aliphatic hydroxyl groups excluding tert-OH is 1. The number of ether oxygens (including phenoxy) is 2. The van der Waals surface area contributed by atoms with Gasteiger partial charge in [-0.05, 0) is 23.3 Å². The predicted molar refractivity (Wildman–Crippen MR) is 165 cm³/mol. The van der Waals surface area contributed by atoms with Crippen LogP contribution in [0.2, 0.25) is 5.02 Å². The standard InChI is InChI=1S/C23H31ClN2O3.2C4H4O4/c24-22-8-6-21(7-9-22)23(20-4-2-1-3-5-20)26-12-10-25(11-13-26)14-16-28-18-19-29-17-15-27;2*5-3(6)1-2-4(7)8/h1-9,23,27H,10-19H2;2*1-2H,(H,5,6)(H,7,8)/b;2*2-1+. The third-order valence-electron chi connectivity index (χ3n) is 5.97. The van der Waals surface area contributed by atoms with Gasteiger partial charge in [-0.25, -0.2) is 19.2 Å². The zero-order valence-electron chi connectivity index (χ0n) is 24.6. The van der Waals surface area contributed by atoms with Gasteiger partial charge in [0.05, 0.1) is 39.1 Å². The number of rotatable bonds is 15. The number of aliphatic carboxylic acids is 4. The first-order valence-corrected chi connectivity index (χ1v) is 14.2.